The van der Waals surface area contributed by atoms with Crippen molar-refractivity contribution < 1.29 is 9.21 Å². The Balaban J connectivity index is 1.89. The van der Waals surface area contributed by atoms with E-state index in [1.807, 2.05) is 17.6 Å². The highest BCUT2D eigenvalue weighted by atomic mass is 35.5. The van der Waals surface area contributed by atoms with Gasteiger partial charge >= 0.3 is 0 Å². The number of benzene rings is 1. The zero-order valence-electron chi connectivity index (χ0n) is 13.2. The first-order valence-corrected chi connectivity index (χ1v) is 8.11. The van der Waals surface area contributed by atoms with E-state index in [9.17, 15) is 9.59 Å². The number of hydrogen-bond acceptors (Lipinski definition) is 3. The second-order valence-electron chi connectivity index (χ2n) is 5.40. The molecule has 3 aromatic rings. The first-order valence-electron chi connectivity index (χ1n) is 7.73. The van der Waals surface area contributed by atoms with Crippen LogP contribution < -0.4 is 10.7 Å². The summed E-state index contributed by atoms with van der Waals surface area (Å²) in [5, 5.41) is 3.68. The van der Waals surface area contributed by atoms with Gasteiger partial charge in [-0.05, 0) is 37.3 Å². The molecule has 0 radical (unpaired) electrons. The lowest BCUT2D eigenvalue weighted by Crippen LogP contribution is -2.31. The number of halogens is 1. The molecule has 5 nitrogen and oxygen atoms in total. The quantitative estimate of drug-likeness (QED) is 0.772. The van der Waals surface area contributed by atoms with Gasteiger partial charge in [0.2, 0.25) is 5.43 Å². The highest BCUT2D eigenvalue weighted by Gasteiger charge is 2.15. The van der Waals surface area contributed by atoms with Gasteiger partial charge in [-0.3, -0.25) is 9.59 Å². The number of pyridine rings is 1. The first kappa shape index (κ1) is 16.3. The van der Waals surface area contributed by atoms with Gasteiger partial charge in [0.15, 0.2) is 0 Å². The maximum Gasteiger partial charge on any atom is 0.256 e. The fraction of sp³-hybridized carbons (Fsp3) is 0.222. The van der Waals surface area contributed by atoms with Gasteiger partial charge in [0.1, 0.15) is 11.3 Å². The number of carbonyl (C=O) groups is 1. The summed E-state index contributed by atoms with van der Waals surface area (Å²) in [6, 6.07) is 8.77. The molecule has 0 atom stereocenters. The Kier molecular flexibility index (Phi) is 4.71. The Hall–Kier alpha value is -2.53. The third-order valence-corrected chi connectivity index (χ3v) is 4.10. The van der Waals surface area contributed by atoms with Crippen molar-refractivity contribution in [3.8, 4) is 0 Å². The Labute approximate surface area is 143 Å². The summed E-state index contributed by atoms with van der Waals surface area (Å²) in [7, 11) is 0. The van der Waals surface area contributed by atoms with Crippen molar-refractivity contribution in [2.45, 2.75) is 19.9 Å². The fourth-order valence-electron chi connectivity index (χ4n) is 2.64. The third-order valence-electron chi connectivity index (χ3n) is 3.86. The van der Waals surface area contributed by atoms with Crippen LogP contribution in [-0.2, 0) is 13.0 Å². The molecule has 1 amide bonds. The van der Waals surface area contributed by atoms with Crippen LogP contribution in [0.5, 0.6) is 0 Å². The van der Waals surface area contributed by atoms with Gasteiger partial charge in [-0.2, -0.15) is 0 Å². The highest BCUT2D eigenvalue weighted by Crippen LogP contribution is 2.17. The minimum atomic E-state index is -0.393. The van der Waals surface area contributed by atoms with Crippen LogP contribution in [0.2, 0.25) is 5.02 Å². The van der Waals surface area contributed by atoms with Crippen LogP contribution in [-0.4, -0.2) is 17.0 Å². The molecule has 0 spiro atoms. The van der Waals surface area contributed by atoms with Crippen molar-refractivity contribution in [1.82, 2.24) is 9.88 Å². The molecule has 0 bridgehead atoms. The van der Waals surface area contributed by atoms with Gasteiger partial charge in [0.25, 0.3) is 5.91 Å². The molecule has 0 fully saturated rings. The lowest BCUT2D eigenvalue weighted by Gasteiger charge is -2.12. The molecule has 1 aromatic carbocycles. The minimum Gasteiger partial charge on any atom is -0.469 e. The molecule has 1 N–H and O–H groups in total. The standard InChI is InChI=1S/C18H17ClN2O3/c1-2-21-11-15(17(22)14-10-12(19)5-6-16(14)21)18(23)20-8-7-13-4-3-9-24-13/h3-6,9-11H,2,7-8H2,1H3,(H,20,23). The van der Waals surface area contributed by atoms with E-state index in [2.05, 4.69) is 5.32 Å². The van der Waals surface area contributed by atoms with Crippen molar-refractivity contribution in [3.63, 3.8) is 0 Å². The first-order chi connectivity index (χ1) is 11.6. The highest BCUT2D eigenvalue weighted by molar-refractivity contribution is 6.31. The topological polar surface area (TPSA) is 64.2 Å². The van der Waals surface area contributed by atoms with E-state index < -0.39 is 5.91 Å². The smallest absolute Gasteiger partial charge is 0.256 e. The average molecular weight is 345 g/mol. The van der Waals surface area contributed by atoms with Crippen LogP contribution in [0, 0.1) is 0 Å². The summed E-state index contributed by atoms with van der Waals surface area (Å²) >= 11 is 6.00. The largest absolute Gasteiger partial charge is 0.469 e. The van der Waals surface area contributed by atoms with Crippen molar-refractivity contribution in [2.75, 3.05) is 6.54 Å². The van der Waals surface area contributed by atoms with Gasteiger partial charge in [-0.25, -0.2) is 0 Å². The maximum absolute atomic E-state index is 12.6. The van der Waals surface area contributed by atoms with E-state index in [0.717, 1.165) is 11.3 Å². The molecule has 6 heteroatoms. The number of hydrogen-bond donors (Lipinski definition) is 1. The number of amides is 1. The molecule has 0 saturated heterocycles. The molecule has 3 rings (SSSR count). The SMILES string of the molecule is CCn1cc(C(=O)NCCc2ccco2)c(=O)c2cc(Cl)ccc21. The molecule has 2 heterocycles. The Morgan fingerprint density at radius 2 is 2.17 bits per heavy atom. The summed E-state index contributed by atoms with van der Waals surface area (Å²) in [4.78, 5) is 25.0. The van der Waals surface area contributed by atoms with E-state index in [0.29, 0.717) is 29.9 Å². The molecule has 0 aliphatic rings. The summed E-state index contributed by atoms with van der Waals surface area (Å²) in [6.07, 6.45) is 3.76. The molecular weight excluding hydrogens is 328 g/mol. The van der Waals surface area contributed by atoms with Crippen LogP contribution in [0.25, 0.3) is 10.9 Å². The number of rotatable bonds is 5. The molecule has 2 aromatic heterocycles. The maximum atomic E-state index is 12.6. The molecule has 0 aliphatic heterocycles. The Morgan fingerprint density at radius 1 is 1.33 bits per heavy atom. The molecule has 0 saturated carbocycles. The predicted molar refractivity (Wildman–Crippen MR) is 93.6 cm³/mol. The molecule has 0 unspecified atom stereocenters. The van der Waals surface area contributed by atoms with E-state index in [-0.39, 0.29) is 11.0 Å². The van der Waals surface area contributed by atoms with Crippen molar-refractivity contribution >= 4 is 28.4 Å². The van der Waals surface area contributed by atoms with E-state index in [1.54, 1.807) is 36.7 Å². The molecule has 0 aliphatic carbocycles. The van der Waals surface area contributed by atoms with Crippen LogP contribution in [0.3, 0.4) is 0 Å². The normalized spacial score (nSPS) is 10.9. The van der Waals surface area contributed by atoms with Crippen LogP contribution in [0.1, 0.15) is 23.0 Å². The van der Waals surface area contributed by atoms with E-state index in [1.165, 1.54) is 0 Å². The van der Waals surface area contributed by atoms with Crippen molar-refractivity contribution in [3.05, 3.63) is 69.4 Å². The third kappa shape index (κ3) is 3.21. The summed E-state index contributed by atoms with van der Waals surface area (Å²) < 4.78 is 7.09. The number of fused-ring (bicyclic) bond motifs is 1. The molecule has 24 heavy (non-hydrogen) atoms. The summed E-state index contributed by atoms with van der Waals surface area (Å²) in [5.74, 6) is 0.391. The van der Waals surface area contributed by atoms with Gasteiger partial charge in [-0.1, -0.05) is 11.6 Å². The fourth-order valence-corrected chi connectivity index (χ4v) is 2.81. The van der Waals surface area contributed by atoms with Gasteiger partial charge in [0, 0.05) is 36.1 Å². The summed E-state index contributed by atoms with van der Waals surface area (Å²) in [5.41, 5.74) is 0.567. The number of aryl methyl sites for hydroxylation is 1. The summed E-state index contributed by atoms with van der Waals surface area (Å²) in [6.45, 7) is 2.99. The van der Waals surface area contributed by atoms with E-state index >= 15 is 0 Å². The lowest BCUT2D eigenvalue weighted by molar-refractivity contribution is 0.0952. The zero-order valence-corrected chi connectivity index (χ0v) is 14.0. The Morgan fingerprint density at radius 3 is 2.88 bits per heavy atom. The number of nitrogens with zero attached hydrogens (tertiary/aromatic N) is 1. The van der Waals surface area contributed by atoms with Gasteiger partial charge < -0.3 is 14.3 Å². The van der Waals surface area contributed by atoms with E-state index in [4.69, 9.17) is 16.0 Å². The minimum absolute atomic E-state index is 0.117. The monoisotopic (exact) mass is 344 g/mol. The van der Waals surface area contributed by atoms with Crippen molar-refractivity contribution in [1.29, 1.82) is 0 Å². The van der Waals surface area contributed by atoms with Gasteiger partial charge in [0.05, 0.1) is 11.8 Å². The van der Waals surface area contributed by atoms with Crippen LogP contribution >= 0.6 is 11.6 Å². The number of aromatic nitrogens is 1. The van der Waals surface area contributed by atoms with Crippen LogP contribution in [0.15, 0.2) is 52.0 Å². The number of carbonyl (C=O) groups excluding carboxylic acids is 1. The second-order valence-corrected chi connectivity index (χ2v) is 5.84. The Bertz CT molecular complexity index is 929. The second kappa shape index (κ2) is 6.93. The van der Waals surface area contributed by atoms with Crippen molar-refractivity contribution in [2.24, 2.45) is 0 Å². The number of furan rings is 1. The molecule has 124 valence electrons. The van der Waals surface area contributed by atoms with Gasteiger partial charge in [-0.15, -0.1) is 0 Å². The number of nitrogens with one attached hydrogen (secondary N) is 1. The molecular formula is C18H17ClN2O3. The van der Waals surface area contributed by atoms with Crippen LogP contribution in [0.4, 0.5) is 0 Å². The lowest BCUT2D eigenvalue weighted by atomic mass is 10.1. The average Bonchev–Trinajstić information content (AvgIpc) is 3.09. The predicted octanol–water partition coefficient (Wildman–Crippen LogP) is 3.24. The zero-order chi connectivity index (χ0) is 17.1.